The zero-order valence-electron chi connectivity index (χ0n) is 26.9. The number of nitrogens with zero attached hydrogens (tertiary/aromatic N) is 2. The number of thiophene rings is 2. The molecule has 0 N–H and O–H groups in total. The molecule has 2 nitrogen and oxygen atoms in total. The molecule has 0 unspecified atom stereocenters. The summed E-state index contributed by atoms with van der Waals surface area (Å²) < 4.78 is 7.66. The fourth-order valence-corrected chi connectivity index (χ4v) is 10.2. The van der Waals surface area contributed by atoms with Gasteiger partial charge in [0.25, 0.3) is 0 Å². The van der Waals surface area contributed by atoms with Gasteiger partial charge in [0, 0.05) is 79.3 Å². The van der Waals surface area contributed by atoms with Crippen molar-refractivity contribution in [2.24, 2.45) is 0 Å². The van der Waals surface area contributed by atoms with Crippen LogP contribution in [0.3, 0.4) is 0 Å². The molecule has 11 rings (SSSR count). The molecule has 0 radical (unpaired) electrons. The molecule has 4 heteroatoms. The van der Waals surface area contributed by atoms with Gasteiger partial charge in [-0.3, -0.25) is 0 Å². The van der Waals surface area contributed by atoms with E-state index < -0.39 is 0 Å². The van der Waals surface area contributed by atoms with Crippen LogP contribution in [0, 0.1) is 0 Å². The van der Waals surface area contributed by atoms with Crippen molar-refractivity contribution in [3.8, 4) is 5.69 Å². The highest BCUT2D eigenvalue weighted by molar-refractivity contribution is 7.26. The summed E-state index contributed by atoms with van der Waals surface area (Å²) in [4.78, 5) is 2.43. The third kappa shape index (κ3) is 4.13. The van der Waals surface area contributed by atoms with Gasteiger partial charge >= 0.3 is 0 Å². The molecule has 11 aromatic rings. The summed E-state index contributed by atoms with van der Waals surface area (Å²) in [5.41, 5.74) is 7.09. The fraction of sp³-hybridized carbons (Fsp3) is 0. The van der Waals surface area contributed by atoms with Gasteiger partial charge in [-0.2, -0.15) is 0 Å². The first-order valence-electron chi connectivity index (χ1n) is 16.9. The number of para-hydroxylation sites is 2. The molecule has 234 valence electrons. The van der Waals surface area contributed by atoms with Crippen LogP contribution in [-0.2, 0) is 0 Å². The molecule has 0 aliphatic heterocycles. The summed E-state index contributed by atoms with van der Waals surface area (Å²) in [5.74, 6) is 0. The maximum Gasteiger partial charge on any atom is 0.0619 e. The molecule has 0 atom stereocenters. The Morgan fingerprint density at radius 2 is 0.860 bits per heavy atom. The van der Waals surface area contributed by atoms with Crippen molar-refractivity contribution in [3.05, 3.63) is 170 Å². The van der Waals surface area contributed by atoms with Crippen LogP contribution in [0.1, 0.15) is 0 Å². The lowest BCUT2D eigenvalue weighted by molar-refractivity contribution is 1.19. The molecular formula is C46H28N2S2. The second-order valence-electron chi connectivity index (χ2n) is 12.9. The number of rotatable bonds is 4. The van der Waals surface area contributed by atoms with Crippen LogP contribution in [-0.4, -0.2) is 4.57 Å². The van der Waals surface area contributed by atoms with E-state index in [1.54, 1.807) is 0 Å². The van der Waals surface area contributed by atoms with E-state index in [1.165, 1.54) is 78.6 Å². The van der Waals surface area contributed by atoms with Crippen molar-refractivity contribution in [2.45, 2.75) is 0 Å². The van der Waals surface area contributed by atoms with Gasteiger partial charge < -0.3 is 9.47 Å². The van der Waals surface area contributed by atoms with Gasteiger partial charge in [-0.1, -0.05) is 103 Å². The van der Waals surface area contributed by atoms with Crippen molar-refractivity contribution >= 4 is 113 Å². The van der Waals surface area contributed by atoms with Crippen molar-refractivity contribution < 1.29 is 0 Å². The predicted molar refractivity (Wildman–Crippen MR) is 219 cm³/mol. The Balaban J connectivity index is 1.16. The normalized spacial score (nSPS) is 12.0. The Bertz CT molecular complexity index is 3000. The molecular weight excluding hydrogens is 645 g/mol. The predicted octanol–water partition coefficient (Wildman–Crippen LogP) is 14.1. The van der Waals surface area contributed by atoms with Crippen LogP contribution in [0.4, 0.5) is 17.1 Å². The molecule has 50 heavy (non-hydrogen) atoms. The molecule has 0 amide bonds. The largest absolute Gasteiger partial charge is 0.310 e. The first-order valence-corrected chi connectivity index (χ1v) is 18.6. The van der Waals surface area contributed by atoms with Crippen LogP contribution >= 0.6 is 22.7 Å². The van der Waals surface area contributed by atoms with E-state index in [1.807, 2.05) is 22.7 Å². The second kappa shape index (κ2) is 10.8. The summed E-state index contributed by atoms with van der Waals surface area (Å²) in [6, 6.07) is 62.5. The van der Waals surface area contributed by atoms with Crippen LogP contribution < -0.4 is 4.90 Å². The highest BCUT2D eigenvalue weighted by atomic mass is 32.1. The lowest BCUT2D eigenvalue weighted by atomic mass is 10.0. The molecule has 0 bridgehead atoms. The van der Waals surface area contributed by atoms with Gasteiger partial charge in [-0.05, 0) is 72.1 Å². The number of hydrogen-bond donors (Lipinski definition) is 0. The third-order valence-electron chi connectivity index (χ3n) is 10.1. The Kier molecular flexibility index (Phi) is 6.03. The van der Waals surface area contributed by atoms with Crippen molar-refractivity contribution in [3.63, 3.8) is 0 Å². The summed E-state index contributed by atoms with van der Waals surface area (Å²) in [5, 5.41) is 10.3. The van der Waals surface area contributed by atoms with Gasteiger partial charge in [0.2, 0.25) is 0 Å². The van der Waals surface area contributed by atoms with E-state index in [-0.39, 0.29) is 0 Å². The monoisotopic (exact) mass is 672 g/mol. The second-order valence-corrected chi connectivity index (χ2v) is 15.1. The van der Waals surface area contributed by atoms with E-state index in [0.29, 0.717) is 0 Å². The van der Waals surface area contributed by atoms with Crippen molar-refractivity contribution in [2.75, 3.05) is 4.90 Å². The highest BCUT2D eigenvalue weighted by Crippen LogP contribution is 2.45. The molecule has 0 fully saturated rings. The smallest absolute Gasteiger partial charge is 0.0619 e. The minimum Gasteiger partial charge on any atom is -0.310 e. The number of anilines is 3. The summed E-state index contributed by atoms with van der Waals surface area (Å²) in [7, 11) is 0. The minimum atomic E-state index is 1.14. The Hall–Kier alpha value is -5.94. The van der Waals surface area contributed by atoms with Gasteiger partial charge in [-0.25, -0.2) is 0 Å². The number of hydrogen-bond acceptors (Lipinski definition) is 3. The zero-order valence-corrected chi connectivity index (χ0v) is 28.5. The van der Waals surface area contributed by atoms with Crippen molar-refractivity contribution in [1.82, 2.24) is 4.57 Å². The van der Waals surface area contributed by atoms with Gasteiger partial charge in [-0.15, -0.1) is 22.7 Å². The van der Waals surface area contributed by atoms with Gasteiger partial charge in [0.15, 0.2) is 0 Å². The number of fused-ring (bicyclic) bond motifs is 11. The summed E-state index contributed by atoms with van der Waals surface area (Å²) >= 11 is 3.73. The molecule has 0 spiro atoms. The summed E-state index contributed by atoms with van der Waals surface area (Å²) in [6.07, 6.45) is 0. The number of benzene rings is 8. The zero-order chi connectivity index (χ0) is 32.8. The molecule has 8 aromatic carbocycles. The quantitative estimate of drug-likeness (QED) is 0.181. The SMILES string of the molecule is c1ccc(-n2c3ccccc3c3ccc4cc(N(c5ccc6c(c5)sc5ccccc56)c5ccc6c(c5)sc5ccccc56)ccc4c32)cc1. The molecule has 0 aliphatic rings. The molecule has 3 aromatic heterocycles. The van der Waals surface area contributed by atoms with Crippen LogP contribution in [0.5, 0.6) is 0 Å². The van der Waals surface area contributed by atoms with E-state index in [9.17, 15) is 0 Å². The first kappa shape index (κ1) is 28.0. The van der Waals surface area contributed by atoms with Gasteiger partial charge in [0.05, 0.1) is 11.0 Å². The number of aromatic nitrogens is 1. The van der Waals surface area contributed by atoms with Crippen LogP contribution in [0.25, 0.3) is 78.6 Å². The summed E-state index contributed by atoms with van der Waals surface area (Å²) in [6.45, 7) is 0. The van der Waals surface area contributed by atoms with E-state index >= 15 is 0 Å². The van der Waals surface area contributed by atoms with E-state index in [0.717, 1.165) is 17.1 Å². The molecule has 3 heterocycles. The third-order valence-corrected chi connectivity index (χ3v) is 12.4. The highest BCUT2D eigenvalue weighted by Gasteiger charge is 2.19. The molecule has 0 aliphatic carbocycles. The lowest BCUT2D eigenvalue weighted by Gasteiger charge is -2.26. The Morgan fingerprint density at radius 1 is 0.360 bits per heavy atom. The minimum absolute atomic E-state index is 1.14. The van der Waals surface area contributed by atoms with Gasteiger partial charge in [0.1, 0.15) is 0 Å². The maximum absolute atomic E-state index is 2.43. The fourth-order valence-electron chi connectivity index (χ4n) is 7.91. The van der Waals surface area contributed by atoms with Crippen molar-refractivity contribution in [1.29, 1.82) is 0 Å². The first-order chi connectivity index (χ1) is 24.8. The van der Waals surface area contributed by atoms with E-state index in [2.05, 4.69) is 179 Å². The Morgan fingerprint density at radius 3 is 1.52 bits per heavy atom. The van der Waals surface area contributed by atoms with E-state index in [4.69, 9.17) is 0 Å². The molecule has 0 saturated heterocycles. The Labute approximate surface area is 296 Å². The van der Waals surface area contributed by atoms with Crippen LogP contribution in [0.15, 0.2) is 170 Å². The lowest BCUT2D eigenvalue weighted by Crippen LogP contribution is -2.09. The maximum atomic E-state index is 2.43. The van der Waals surface area contributed by atoms with Crippen LogP contribution in [0.2, 0.25) is 0 Å². The molecule has 0 saturated carbocycles. The topological polar surface area (TPSA) is 8.17 Å². The average molecular weight is 673 g/mol. The average Bonchev–Trinajstić information content (AvgIpc) is 3.84. The standard InChI is InChI=1S/C46H28N2S2/c1-2-10-30(11-3-1)48-41-15-7-4-12-35(41)40-22-18-29-26-31(19-23-34(29)46(40)48)47(32-20-24-38-36-13-5-8-16-42(36)49-44(38)27-32)33-21-25-39-37-14-6-9-17-43(37)50-45(39)28-33/h1-28H.